The molecule has 18 heavy (non-hydrogen) atoms. The summed E-state index contributed by atoms with van der Waals surface area (Å²) in [5.41, 5.74) is 1.97. The Balaban J connectivity index is 2.31. The van der Waals surface area contributed by atoms with Crippen molar-refractivity contribution in [1.29, 1.82) is 0 Å². The third kappa shape index (κ3) is 5.80. The smallest absolute Gasteiger partial charge is 0.238 e. The fraction of sp³-hybridized carbons (Fsp3) is 0.500. The molecule has 0 saturated carbocycles. The lowest BCUT2D eigenvalue weighted by Crippen LogP contribution is -2.36. The lowest BCUT2D eigenvalue weighted by atomic mass is 10.1. The van der Waals surface area contributed by atoms with Crippen LogP contribution in [0.3, 0.4) is 0 Å². The summed E-state index contributed by atoms with van der Waals surface area (Å²) in [5.74, 6) is -0.0729. The van der Waals surface area contributed by atoms with Crippen LogP contribution >= 0.6 is 0 Å². The van der Waals surface area contributed by atoms with Gasteiger partial charge in [0.2, 0.25) is 5.91 Å². The highest BCUT2D eigenvalue weighted by molar-refractivity contribution is 5.92. The van der Waals surface area contributed by atoms with Crippen molar-refractivity contribution in [3.8, 4) is 0 Å². The molecule has 0 heterocycles. The van der Waals surface area contributed by atoms with Crippen LogP contribution in [0.2, 0.25) is 0 Å². The fourth-order valence-electron chi connectivity index (χ4n) is 1.70. The molecule has 100 valence electrons. The highest BCUT2D eigenvalue weighted by Gasteiger charge is 2.08. The molecule has 0 saturated heterocycles. The number of nitrogens with one attached hydrogen (secondary N) is 2. The van der Waals surface area contributed by atoms with Gasteiger partial charge >= 0.3 is 0 Å². The fourth-order valence-corrected chi connectivity index (χ4v) is 1.70. The molecule has 0 fully saturated rings. The standard InChI is InChI=1S/C14H22N2O2/c1-10-4-6-13(7-5-10)16-14(18)9-15-11(2)8-12(3)17/h4-7,11-12,15,17H,8-9H2,1-3H3,(H,16,18). The molecule has 0 aliphatic rings. The Morgan fingerprint density at radius 3 is 2.44 bits per heavy atom. The molecule has 2 atom stereocenters. The normalized spacial score (nSPS) is 14.0. The second-order valence-corrected chi connectivity index (χ2v) is 4.78. The first-order chi connectivity index (χ1) is 8.47. The van der Waals surface area contributed by atoms with Gasteiger partial charge in [0.25, 0.3) is 0 Å². The maximum absolute atomic E-state index is 11.7. The average molecular weight is 250 g/mol. The number of rotatable bonds is 6. The van der Waals surface area contributed by atoms with Crippen molar-refractivity contribution >= 4 is 11.6 Å². The van der Waals surface area contributed by atoms with Crippen molar-refractivity contribution in [1.82, 2.24) is 5.32 Å². The number of aryl methyl sites for hydroxylation is 1. The lowest BCUT2D eigenvalue weighted by Gasteiger charge is -2.15. The summed E-state index contributed by atoms with van der Waals surface area (Å²) >= 11 is 0. The molecular weight excluding hydrogens is 228 g/mol. The molecule has 1 aromatic carbocycles. The summed E-state index contributed by atoms with van der Waals surface area (Å²) in [7, 11) is 0. The predicted molar refractivity (Wildman–Crippen MR) is 73.6 cm³/mol. The number of hydrogen-bond donors (Lipinski definition) is 3. The van der Waals surface area contributed by atoms with Crippen LogP contribution in [0.1, 0.15) is 25.8 Å². The molecule has 1 rings (SSSR count). The molecule has 1 amide bonds. The molecule has 3 N–H and O–H groups in total. The number of benzene rings is 1. The topological polar surface area (TPSA) is 61.4 Å². The Morgan fingerprint density at radius 1 is 1.28 bits per heavy atom. The molecule has 0 bridgehead atoms. The molecule has 2 unspecified atom stereocenters. The highest BCUT2D eigenvalue weighted by Crippen LogP contribution is 2.08. The van der Waals surface area contributed by atoms with E-state index in [1.54, 1.807) is 6.92 Å². The Morgan fingerprint density at radius 2 is 1.89 bits per heavy atom. The lowest BCUT2D eigenvalue weighted by molar-refractivity contribution is -0.115. The number of aliphatic hydroxyl groups excluding tert-OH is 1. The van der Waals surface area contributed by atoms with E-state index >= 15 is 0 Å². The van der Waals surface area contributed by atoms with E-state index in [4.69, 9.17) is 0 Å². The van der Waals surface area contributed by atoms with Gasteiger partial charge in [-0.05, 0) is 39.3 Å². The zero-order valence-corrected chi connectivity index (χ0v) is 11.2. The minimum atomic E-state index is -0.354. The minimum Gasteiger partial charge on any atom is -0.393 e. The SMILES string of the molecule is Cc1ccc(NC(=O)CNC(C)CC(C)O)cc1. The van der Waals surface area contributed by atoms with Crippen molar-refractivity contribution in [2.24, 2.45) is 0 Å². The molecule has 0 aromatic heterocycles. The molecule has 4 heteroatoms. The average Bonchev–Trinajstić information content (AvgIpc) is 2.29. The van der Waals surface area contributed by atoms with Crippen LogP contribution in [0.5, 0.6) is 0 Å². The summed E-state index contributed by atoms with van der Waals surface area (Å²) in [4.78, 5) is 11.7. The van der Waals surface area contributed by atoms with E-state index in [0.29, 0.717) is 6.42 Å². The van der Waals surface area contributed by atoms with Crippen molar-refractivity contribution < 1.29 is 9.90 Å². The molecule has 0 aliphatic carbocycles. The highest BCUT2D eigenvalue weighted by atomic mass is 16.3. The van der Waals surface area contributed by atoms with Crippen molar-refractivity contribution in [2.75, 3.05) is 11.9 Å². The van der Waals surface area contributed by atoms with Crippen LogP contribution in [0.4, 0.5) is 5.69 Å². The van der Waals surface area contributed by atoms with Crippen LogP contribution in [0.15, 0.2) is 24.3 Å². The number of aliphatic hydroxyl groups is 1. The maximum atomic E-state index is 11.7. The zero-order chi connectivity index (χ0) is 13.5. The summed E-state index contributed by atoms with van der Waals surface area (Å²) in [5, 5.41) is 15.1. The third-order valence-corrected chi connectivity index (χ3v) is 2.64. The van der Waals surface area contributed by atoms with E-state index in [1.807, 2.05) is 38.1 Å². The number of hydrogen-bond acceptors (Lipinski definition) is 3. The Labute approximate surface area is 108 Å². The first-order valence-electron chi connectivity index (χ1n) is 6.25. The molecule has 0 spiro atoms. The van der Waals surface area contributed by atoms with Crippen LogP contribution in [-0.2, 0) is 4.79 Å². The molecular formula is C14H22N2O2. The van der Waals surface area contributed by atoms with Crippen LogP contribution in [0.25, 0.3) is 0 Å². The Hall–Kier alpha value is -1.39. The van der Waals surface area contributed by atoms with E-state index in [0.717, 1.165) is 11.3 Å². The van der Waals surface area contributed by atoms with E-state index in [2.05, 4.69) is 10.6 Å². The van der Waals surface area contributed by atoms with E-state index in [-0.39, 0.29) is 24.6 Å². The van der Waals surface area contributed by atoms with Crippen LogP contribution in [0, 0.1) is 6.92 Å². The second kappa shape index (κ2) is 7.13. The number of amides is 1. The summed E-state index contributed by atoms with van der Waals surface area (Å²) in [6, 6.07) is 7.80. The van der Waals surface area contributed by atoms with Gasteiger partial charge in [-0.2, -0.15) is 0 Å². The molecule has 1 aromatic rings. The Bertz CT molecular complexity index is 374. The van der Waals surface area contributed by atoms with Crippen molar-refractivity contribution in [3.05, 3.63) is 29.8 Å². The molecule has 0 radical (unpaired) electrons. The van der Waals surface area contributed by atoms with Gasteiger partial charge in [-0.15, -0.1) is 0 Å². The van der Waals surface area contributed by atoms with E-state index < -0.39 is 0 Å². The van der Waals surface area contributed by atoms with Crippen LogP contribution < -0.4 is 10.6 Å². The van der Waals surface area contributed by atoms with Crippen molar-refractivity contribution in [3.63, 3.8) is 0 Å². The van der Waals surface area contributed by atoms with Gasteiger partial charge in [-0.3, -0.25) is 4.79 Å². The zero-order valence-electron chi connectivity index (χ0n) is 11.2. The summed E-state index contributed by atoms with van der Waals surface area (Å²) < 4.78 is 0. The van der Waals surface area contributed by atoms with E-state index in [9.17, 15) is 9.90 Å². The van der Waals surface area contributed by atoms with E-state index in [1.165, 1.54) is 0 Å². The first kappa shape index (κ1) is 14.7. The Kier molecular flexibility index (Phi) is 5.82. The van der Waals surface area contributed by atoms with Gasteiger partial charge in [-0.1, -0.05) is 17.7 Å². The first-order valence-corrected chi connectivity index (χ1v) is 6.25. The molecule has 0 aliphatic heterocycles. The van der Waals surface area contributed by atoms with Gasteiger partial charge in [0.15, 0.2) is 0 Å². The second-order valence-electron chi connectivity index (χ2n) is 4.78. The molecule has 4 nitrogen and oxygen atoms in total. The monoisotopic (exact) mass is 250 g/mol. The minimum absolute atomic E-state index is 0.0729. The number of anilines is 1. The summed E-state index contributed by atoms with van der Waals surface area (Å²) in [6.07, 6.45) is 0.283. The van der Waals surface area contributed by atoms with Crippen molar-refractivity contribution in [2.45, 2.75) is 39.3 Å². The third-order valence-electron chi connectivity index (χ3n) is 2.64. The van der Waals surface area contributed by atoms with Crippen LogP contribution in [-0.4, -0.2) is 29.7 Å². The number of carbonyl (C=O) groups excluding carboxylic acids is 1. The summed E-state index contributed by atoms with van der Waals surface area (Å²) in [6.45, 7) is 5.95. The maximum Gasteiger partial charge on any atom is 0.238 e. The van der Waals surface area contributed by atoms with Gasteiger partial charge in [0, 0.05) is 11.7 Å². The largest absolute Gasteiger partial charge is 0.393 e. The van der Waals surface area contributed by atoms with Gasteiger partial charge < -0.3 is 15.7 Å². The quantitative estimate of drug-likeness (QED) is 0.720. The number of carbonyl (C=O) groups is 1. The van der Waals surface area contributed by atoms with Gasteiger partial charge in [0.1, 0.15) is 0 Å². The van der Waals surface area contributed by atoms with Gasteiger partial charge in [0.05, 0.1) is 12.6 Å². The predicted octanol–water partition coefficient (Wildman–Crippen LogP) is 1.68. The van der Waals surface area contributed by atoms with Gasteiger partial charge in [-0.25, -0.2) is 0 Å².